The van der Waals surface area contributed by atoms with Gasteiger partial charge in [0.2, 0.25) is 0 Å². The molecule has 0 bridgehead atoms. The van der Waals surface area contributed by atoms with E-state index in [1.165, 1.54) is 40.7 Å². The van der Waals surface area contributed by atoms with E-state index in [1.54, 1.807) is 0 Å². The van der Waals surface area contributed by atoms with Crippen molar-refractivity contribution in [2.24, 2.45) is 11.7 Å². The van der Waals surface area contributed by atoms with Gasteiger partial charge in [0.15, 0.2) is 0 Å². The van der Waals surface area contributed by atoms with E-state index in [2.05, 4.69) is 23.7 Å². The second-order valence-electron chi connectivity index (χ2n) is 4.58. The third kappa shape index (κ3) is 3.22. The smallest absolute Gasteiger partial charge is 0.0930 e. The van der Waals surface area contributed by atoms with Crippen LogP contribution in [0, 0.1) is 5.92 Å². The SMILES string of the molecule is CC(CN)c1cnc(CC2CCCSC2)s1. The molecule has 2 rings (SSSR count). The highest BCUT2D eigenvalue weighted by Crippen LogP contribution is 2.28. The highest BCUT2D eigenvalue weighted by Gasteiger charge is 2.16. The van der Waals surface area contributed by atoms with Crippen LogP contribution in [-0.2, 0) is 6.42 Å². The van der Waals surface area contributed by atoms with Gasteiger partial charge in [-0.1, -0.05) is 6.92 Å². The molecule has 1 aromatic rings. The van der Waals surface area contributed by atoms with Gasteiger partial charge in [0.25, 0.3) is 0 Å². The van der Waals surface area contributed by atoms with Crippen LogP contribution in [0.2, 0.25) is 0 Å². The van der Waals surface area contributed by atoms with Crippen molar-refractivity contribution in [2.75, 3.05) is 18.1 Å². The van der Waals surface area contributed by atoms with Crippen molar-refractivity contribution in [3.05, 3.63) is 16.1 Å². The van der Waals surface area contributed by atoms with Crippen molar-refractivity contribution in [1.29, 1.82) is 0 Å². The van der Waals surface area contributed by atoms with E-state index in [0.29, 0.717) is 5.92 Å². The molecule has 2 atom stereocenters. The summed E-state index contributed by atoms with van der Waals surface area (Å²) < 4.78 is 0. The molecule has 0 radical (unpaired) electrons. The van der Waals surface area contributed by atoms with E-state index in [9.17, 15) is 0 Å². The van der Waals surface area contributed by atoms with Gasteiger partial charge in [0, 0.05) is 23.4 Å². The third-order valence-electron chi connectivity index (χ3n) is 3.13. The largest absolute Gasteiger partial charge is 0.330 e. The van der Waals surface area contributed by atoms with Crippen LogP contribution in [0.4, 0.5) is 0 Å². The van der Waals surface area contributed by atoms with E-state index >= 15 is 0 Å². The quantitative estimate of drug-likeness (QED) is 0.900. The number of hydrogen-bond donors (Lipinski definition) is 1. The number of hydrogen-bond acceptors (Lipinski definition) is 4. The summed E-state index contributed by atoms with van der Waals surface area (Å²) in [6, 6.07) is 0. The monoisotopic (exact) mass is 256 g/mol. The summed E-state index contributed by atoms with van der Waals surface area (Å²) in [4.78, 5) is 5.88. The standard InChI is InChI=1S/C12H20N2S2/c1-9(6-13)11-7-14-12(16-11)5-10-3-2-4-15-8-10/h7,9-10H,2-6,8,13H2,1H3. The lowest BCUT2D eigenvalue weighted by atomic mass is 10.0. The summed E-state index contributed by atoms with van der Waals surface area (Å²) in [5, 5.41) is 1.31. The molecule has 1 fully saturated rings. The molecular formula is C12H20N2S2. The van der Waals surface area contributed by atoms with E-state index in [1.807, 2.05) is 17.5 Å². The Kier molecular flexibility index (Phi) is 4.67. The minimum absolute atomic E-state index is 0.465. The fourth-order valence-electron chi connectivity index (χ4n) is 1.98. The highest BCUT2D eigenvalue weighted by atomic mass is 32.2. The minimum atomic E-state index is 0.465. The summed E-state index contributed by atoms with van der Waals surface area (Å²) in [5.74, 6) is 3.99. The lowest BCUT2D eigenvalue weighted by Gasteiger charge is -2.19. The van der Waals surface area contributed by atoms with Crippen LogP contribution in [0.25, 0.3) is 0 Å². The van der Waals surface area contributed by atoms with Gasteiger partial charge < -0.3 is 5.73 Å². The fraction of sp³-hybridized carbons (Fsp3) is 0.750. The summed E-state index contributed by atoms with van der Waals surface area (Å²) in [7, 11) is 0. The molecule has 2 unspecified atom stereocenters. The van der Waals surface area contributed by atoms with Crippen LogP contribution in [0.1, 0.15) is 35.6 Å². The van der Waals surface area contributed by atoms with Gasteiger partial charge in [-0.3, -0.25) is 0 Å². The fourth-order valence-corrected chi connectivity index (χ4v) is 4.23. The Labute approximate surface area is 106 Å². The Morgan fingerprint density at radius 1 is 1.62 bits per heavy atom. The van der Waals surface area contributed by atoms with Gasteiger partial charge in [0.05, 0.1) is 5.01 Å². The average molecular weight is 256 g/mol. The molecule has 1 saturated heterocycles. The van der Waals surface area contributed by atoms with Crippen LogP contribution >= 0.6 is 23.1 Å². The van der Waals surface area contributed by atoms with Gasteiger partial charge in [0.1, 0.15) is 0 Å². The molecular weight excluding hydrogens is 236 g/mol. The predicted molar refractivity (Wildman–Crippen MR) is 73.3 cm³/mol. The maximum atomic E-state index is 5.67. The lowest BCUT2D eigenvalue weighted by Crippen LogP contribution is -2.12. The number of rotatable bonds is 4. The zero-order valence-electron chi connectivity index (χ0n) is 9.82. The van der Waals surface area contributed by atoms with Crippen molar-refractivity contribution in [3.63, 3.8) is 0 Å². The molecule has 1 aromatic heterocycles. The molecule has 0 aliphatic carbocycles. The Morgan fingerprint density at radius 3 is 3.19 bits per heavy atom. The molecule has 0 spiro atoms. The van der Waals surface area contributed by atoms with Crippen LogP contribution < -0.4 is 5.73 Å². The van der Waals surface area contributed by atoms with E-state index in [-0.39, 0.29) is 0 Å². The Morgan fingerprint density at radius 2 is 2.50 bits per heavy atom. The van der Waals surface area contributed by atoms with Crippen LogP contribution in [0.15, 0.2) is 6.20 Å². The minimum Gasteiger partial charge on any atom is -0.330 e. The molecule has 1 aliphatic heterocycles. The van der Waals surface area contributed by atoms with Gasteiger partial charge in [-0.15, -0.1) is 11.3 Å². The summed E-state index contributed by atoms with van der Waals surface area (Å²) in [5.41, 5.74) is 5.67. The first-order valence-corrected chi connectivity index (χ1v) is 7.99. The topological polar surface area (TPSA) is 38.9 Å². The van der Waals surface area contributed by atoms with Gasteiger partial charge in [-0.2, -0.15) is 11.8 Å². The lowest BCUT2D eigenvalue weighted by molar-refractivity contribution is 0.520. The molecule has 1 aliphatic rings. The summed E-state index contributed by atoms with van der Waals surface area (Å²) in [6.45, 7) is 2.90. The van der Waals surface area contributed by atoms with E-state index in [0.717, 1.165) is 12.5 Å². The second-order valence-corrected chi connectivity index (χ2v) is 6.88. The Bertz CT molecular complexity index is 319. The van der Waals surface area contributed by atoms with Crippen LogP contribution in [0.5, 0.6) is 0 Å². The molecule has 2 nitrogen and oxygen atoms in total. The molecule has 0 amide bonds. The van der Waals surface area contributed by atoms with Crippen molar-refractivity contribution in [2.45, 2.75) is 32.1 Å². The molecule has 0 saturated carbocycles. The number of nitrogens with two attached hydrogens (primary N) is 1. The first kappa shape index (κ1) is 12.4. The molecule has 16 heavy (non-hydrogen) atoms. The summed E-state index contributed by atoms with van der Waals surface area (Å²) >= 11 is 3.96. The first-order valence-electron chi connectivity index (χ1n) is 6.02. The maximum Gasteiger partial charge on any atom is 0.0930 e. The van der Waals surface area contributed by atoms with E-state index < -0.39 is 0 Å². The third-order valence-corrected chi connectivity index (χ3v) is 5.66. The number of nitrogens with zero attached hydrogens (tertiary/aromatic N) is 1. The average Bonchev–Trinajstić information content (AvgIpc) is 2.78. The molecule has 2 heterocycles. The van der Waals surface area contributed by atoms with Crippen LogP contribution in [0.3, 0.4) is 0 Å². The molecule has 2 N–H and O–H groups in total. The maximum absolute atomic E-state index is 5.67. The van der Waals surface area contributed by atoms with Crippen molar-refractivity contribution in [1.82, 2.24) is 4.98 Å². The number of thioether (sulfide) groups is 1. The van der Waals surface area contributed by atoms with E-state index in [4.69, 9.17) is 5.73 Å². The number of aromatic nitrogens is 1. The Balaban J connectivity index is 1.91. The van der Waals surface area contributed by atoms with Crippen molar-refractivity contribution >= 4 is 23.1 Å². The molecule has 4 heteroatoms. The van der Waals surface area contributed by atoms with Crippen molar-refractivity contribution < 1.29 is 0 Å². The van der Waals surface area contributed by atoms with Gasteiger partial charge in [-0.05, 0) is 36.8 Å². The normalized spacial score (nSPS) is 23.2. The van der Waals surface area contributed by atoms with Gasteiger partial charge >= 0.3 is 0 Å². The first-order chi connectivity index (χ1) is 7.79. The van der Waals surface area contributed by atoms with Crippen LogP contribution in [-0.4, -0.2) is 23.0 Å². The van der Waals surface area contributed by atoms with Crippen molar-refractivity contribution in [3.8, 4) is 0 Å². The molecule has 0 aromatic carbocycles. The highest BCUT2D eigenvalue weighted by molar-refractivity contribution is 7.99. The van der Waals surface area contributed by atoms with Gasteiger partial charge in [-0.25, -0.2) is 4.98 Å². The second kappa shape index (κ2) is 6.03. The predicted octanol–water partition coefficient (Wildman–Crippen LogP) is 2.89. The summed E-state index contributed by atoms with van der Waals surface area (Å²) in [6.07, 6.45) is 5.96. The molecule has 90 valence electrons. The Hall–Kier alpha value is -0.0600. The zero-order chi connectivity index (χ0) is 11.4. The number of thiazole rings is 1. The zero-order valence-corrected chi connectivity index (χ0v) is 11.4.